The third-order valence-electron chi connectivity index (χ3n) is 4.55. The average Bonchev–Trinajstić information content (AvgIpc) is 2.59. The molecule has 0 atom stereocenters. The Morgan fingerprint density at radius 1 is 1.28 bits per heavy atom. The molecule has 2 N–H and O–H groups in total. The predicted octanol–water partition coefficient (Wildman–Crippen LogP) is 3.09. The number of hydrogen-bond donors (Lipinski definition) is 2. The van der Waals surface area contributed by atoms with Gasteiger partial charge in [-0.15, -0.1) is 30.6 Å². The maximum Gasteiger partial charge on any atom is 0.193 e. The number of nitrogens with one attached hydrogen (secondary N) is 1. The van der Waals surface area contributed by atoms with Crippen LogP contribution in [0.4, 0.5) is 0 Å². The van der Waals surface area contributed by atoms with Crippen LogP contribution in [-0.2, 0) is 0 Å². The molecule has 1 aliphatic rings. The highest BCUT2D eigenvalue weighted by Gasteiger charge is 2.16. The van der Waals surface area contributed by atoms with Crippen molar-refractivity contribution < 1.29 is 5.11 Å². The van der Waals surface area contributed by atoms with Crippen molar-refractivity contribution in [3.8, 4) is 0 Å². The van der Waals surface area contributed by atoms with E-state index in [2.05, 4.69) is 35.7 Å². The summed E-state index contributed by atoms with van der Waals surface area (Å²) in [5, 5.41) is 12.9. The van der Waals surface area contributed by atoms with E-state index >= 15 is 0 Å². The number of aliphatic imine (C=N–C) groups is 1. The summed E-state index contributed by atoms with van der Waals surface area (Å²) in [5.74, 6) is 1.02. The second kappa shape index (κ2) is 15.9. The van der Waals surface area contributed by atoms with E-state index in [-0.39, 0.29) is 30.1 Å². The predicted molar refractivity (Wildman–Crippen MR) is 119 cm³/mol. The summed E-state index contributed by atoms with van der Waals surface area (Å²) in [7, 11) is 2.13. The molecule has 1 saturated heterocycles. The lowest BCUT2D eigenvalue weighted by molar-refractivity contribution is 0.0824. The topological polar surface area (TPSA) is 51.1 Å². The van der Waals surface area contributed by atoms with Gasteiger partial charge in [0.05, 0.1) is 6.10 Å². The molecule has 0 spiro atoms. The van der Waals surface area contributed by atoms with Crippen LogP contribution in [0, 0.1) is 0 Å². The number of halogens is 1. The first-order valence-electron chi connectivity index (χ1n) is 9.68. The van der Waals surface area contributed by atoms with E-state index in [1.165, 1.54) is 19.3 Å². The second-order valence-corrected chi connectivity index (χ2v) is 6.72. The fourth-order valence-corrected chi connectivity index (χ4v) is 3.01. The fraction of sp³-hybridized carbons (Fsp3) is 0.842. The number of aliphatic hydroxyl groups is 1. The molecule has 0 aromatic rings. The van der Waals surface area contributed by atoms with E-state index in [1.54, 1.807) is 0 Å². The van der Waals surface area contributed by atoms with E-state index in [9.17, 15) is 5.11 Å². The van der Waals surface area contributed by atoms with Gasteiger partial charge in [0.15, 0.2) is 5.96 Å². The Balaban J connectivity index is 0.00000576. The molecule has 148 valence electrons. The largest absolute Gasteiger partial charge is 0.393 e. The molecule has 1 fully saturated rings. The van der Waals surface area contributed by atoms with E-state index in [0.29, 0.717) is 0 Å². The molecule has 6 heteroatoms. The number of piperidine rings is 1. The molecule has 0 radical (unpaired) electrons. The van der Waals surface area contributed by atoms with Crippen molar-refractivity contribution in [1.82, 2.24) is 15.1 Å². The highest BCUT2D eigenvalue weighted by molar-refractivity contribution is 14.0. The zero-order valence-corrected chi connectivity index (χ0v) is 18.6. The van der Waals surface area contributed by atoms with Crippen molar-refractivity contribution in [1.29, 1.82) is 0 Å². The van der Waals surface area contributed by atoms with Crippen molar-refractivity contribution in [3.63, 3.8) is 0 Å². The third kappa shape index (κ3) is 11.8. The van der Waals surface area contributed by atoms with Crippen molar-refractivity contribution in [2.45, 2.75) is 58.0 Å². The zero-order valence-electron chi connectivity index (χ0n) is 16.3. The van der Waals surface area contributed by atoms with Crippen LogP contribution in [0.2, 0.25) is 0 Å². The Kier molecular flexibility index (Phi) is 15.7. The number of hydrogen-bond acceptors (Lipinski definition) is 3. The van der Waals surface area contributed by atoms with Crippen LogP contribution in [-0.4, -0.2) is 73.3 Å². The maximum atomic E-state index is 9.54. The molecular formula is C19H39IN4O. The summed E-state index contributed by atoms with van der Waals surface area (Å²) in [4.78, 5) is 9.45. The molecule has 1 heterocycles. The normalized spacial score (nSPS) is 16.4. The molecule has 25 heavy (non-hydrogen) atoms. The fourth-order valence-electron chi connectivity index (χ4n) is 3.01. The number of guanidine groups is 1. The lowest BCUT2D eigenvalue weighted by atomic mass is 10.1. The van der Waals surface area contributed by atoms with Crippen molar-refractivity contribution in [3.05, 3.63) is 12.7 Å². The molecule has 0 aromatic carbocycles. The quantitative estimate of drug-likeness (QED) is 0.162. The van der Waals surface area contributed by atoms with Crippen LogP contribution in [0.5, 0.6) is 0 Å². The smallest absolute Gasteiger partial charge is 0.193 e. The number of aliphatic hydroxyl groups excluding tert-OH is 1. The van der Waals surface area contributed by atoms with Gasteiger partial charge in [0.2, 0.25) is 0 Å². The summed E-state index contributed by atoms with van der Waals surface area (Å²) in [5.41, 5.74) is 0. The maximum absolute atomic E-state index is 9.54. The molecule has 0 amide bonds. The molecular weight excluding hydrogens is 427 g/mol. The molecule has 0 saturated carbocycles. The Hall–Kier alpha value is -0.340. The van der Waals surface area contributed by atoms with Gasteiger partial charge >= 0.3 is 0 Å². The zero-order chi connectivity index (χ0) is 17.6. The number of unbranched alkanes of at least 4 members (excludes halogenated alkanes) is 3. The van der Waals surface area contributed by atoms with Crippen molar-refractivity contribution in [2.24, 2.45) is 4.99 Å². The molecule has 0 unspecified atom stereocenters. The Morgan fingerprint density at radius 3 is 2.64 bits per heavy atom. The Bertz CT molecular complexity index is 357. The van der Waals surface area contributed by atoms with Gasteiger partial charge < -0.3 is 20.2 Å². The first kappa shape index (κ1) is 24.7. The lowest BCUT2D eigenvalue weighted by Gasteiger charge is -2.29. The summed E-state index contributed by atoms with van der Waals surface area (Å²) in [6.07, 6.45) is 9.62. The number of rotatable bonds is 11. The standard InChI is InChI=1S/C19H38N4O.HI/c1-4-6-7-8-9-14-22(3)19(20-5-2)21-13-10-15-23-16-11-18(24)12-17-23;/h4,18,24H,1,5-17H2,2-3H3,(H,20,21);1H. The van der Waals surface area contributed by atoms with Gasteiger partial charge in [-0.25, -0.2) is 0 Å². The van der Waals surface area contributed by atoms with Crippen LogP contribution < -0.4 is 5.32 Å². The highest BCUT2D eigenvalue weighted by Crippen LogP contribution is 2.10. The number of nitrogens with zero attached hydrogens (tertiary/aromatic N) is 3. The summed E-state index contributed by atoms with van der Waals surface area (Å²) in [6, 6.07) is 0. The minimum atomic E-state index is -0.0836. The Morgan fingerprint density at radius 2 is 2.00 bits per heavy atom. The first-order chi connectivity index (χ1) is 11.7. The van der Waals surface area contributed by atoms with Gasteiger partial charge in [0.1, 0.15) is 0 Å². The summed E-state index contributed by atoms with van der Waals surface area (Å²) < 4.78 is 0. The molecule has 1 aliphatic heterocycles. The van der Waals surface area contributed by atoms with Gasteiger partial charge in [-0.2, -0.15) is 0 Å². The monoisotopic (exact) mass is 466 g/mol. The minimum Gasteiger partial charge on any atom is -0.393 e. The highest BCUT2D eigenvalue weighted by atomic mass is 127. The SMILES string of the molecule is C=CCCCCCN(C)C(=NCCCN1CCC(O)CC1)NCC.I. The van der Waals surface area contributed by atoms with Crippen LogP contribution in [0.25, 0.3) is 0 Å². The molecule has 0 aromatic heterocycles. The van der Waals surface area contributed by atoms with Crippen LogP contribution >= 0.6 is 24.0 Å². The van der Waals surface area contributed by atoms with Crippen molar-refractivity contribution in [2.75, 3.05) is 46.3 Å². The van der Waals surface area contributed by atoms with Gasteiger partial charge in [-0.05, 0) is 52.0 Å². The lowest BCUT2D eigenvalue weighted by Crippen LogP contribution is -2.40. The molecule has 1 rings (SSSR count). The molecule has 0 bridgehead atoms. The van der Waals surface area contributed by atoms with Crippen LogP contribution in [0.1, 0.15) is 51.9 Å². The number of likely N-dealkylation sites (tertiary alicyclic amines) is 1. The van der Waals surface area contributed by atoms with Crippen LogP contribution in [0.3, 0.4) is 0 Å². The molecule has 5 nitrogen and oxygen atoms in total. The van der Waals surface area contributed by atoms with Crippen molar-refractivity contribution >= 4 is 29.9 Å². The summed E-state index contributed by atoms with van der Waals surface area (Å²) >= 11 is 0. The Labute approximate surface area is 172 Å². The van der Waals surface area contributed by atoms with Gasteiger partial charge in [-0.1, -0.05) is 12.5 Å². The summed E-state index contributed by atoms with van der Waals surface area (Å²) in [6.45, 7) is 11.8. The molecule has 0 aliphatic carbocycles. The minimum absolute atomic E-state index is 0. The van der Waals surface area contributed by atoms with Crippen LogP contribution in [0.15, 0.2) is 17.6 Å². The van der Waals surface area contributed by atoms with E-state index < -0.39 is 0 Å². The second-order valence-electron chi connectivity index (χ2n) is 6.72. The number of allylic oxidation sites excluding steroid dienone is 1. The first-order valence-corrected chi connectivity index (χ1v) is 9.68. The average molecular weight is 466 g/mol. The van der Waals surface area contributed by atoms with Gasteiger partial charge in [0, 0.05) is 39.8 Å². The van der Waals surface area contributed by atoms with E-state index in [1.807, 2.05) is 6.08 Å². The third-order valence-corrected chi connectivity index (χ3v) is 4.55. The van der Waals surface area contributed by atoms with Gasteiger partial charge in [0.25, 0.3) is 0 Å². The van der Waals surface area contributed by atoms with E-state index in [4.69, 9.17) is 4.99 Å². The van der Waals surface area contributed by atoms with Gasteiger partial charge in [-0.3, -0.25) is 4.99 Å². The van der Waals surface area contributed by atoms with E-state index in [0.717, 1.165) is 70.9 Å².